The van der Waals surface area contributed by atoms with Gasteiger partial charge >= 0.3 is 0 Å². The lowest BCUT2D eigenvalue weighted by atomic mass is 10.1. The van der Waals surface area contributed by atoms with Gasteiger partial charge in [0.05, 0.1) is 12.2 Å². The number of nitrogens with zero attached hydrogens (tertiary/aromatic N) is 1. The van der Waals surface area contributed by atoms with Gasteiger partial charge in [0.15, 0.2) is 0 Å². The topological polar surface area (TPSA) is 32.3 Å². The van der Waals surface area contributed by atoms with Gasteiger partial charge in [-0.3, -0.25) is 10.1 Å². The lowest BCUT2D eigenvalue weighted by Gasteiger charge is -2.17. The molecule has 0 radical (unpaired) electrons. The molecule has 0 spiro atoms. The number of carbonyl (C=O) groups is 1. The van der Waals surface area contributed by atoms with Gasteiger partial charge in [-0.05, 0) is 20.3 Å². The van der Waals surface area contributed by atoms with Crippen molar-refractivity contribution in [1.29, 1.82) is 0 Å². The Morgan fingerprint density at radius 3 is 2.62 bits per heavy atom. The van der Waals surface area contributed by atoms with E-state index in [0.717, 1.165) is 25.8 Å². The highest BCUT2D eigenvalue weighted by Gasteiger charge is 2.34. The van der Waals surface area contributed by atoms with Crippen molar-refractivity contribution in [2.45, 2.75) is 52.2 Å². The Bertz CT molecular complexity index is 182. The van der Waals surface area contributed by atoms with Crippen molar-refractivity contribution in [3.05, 3.63) is 0 Å². The fourth-order valence-corrected chi connectivity index (χ4v) is 1.89. The second-order valence-corrected chi connectivity index (χ2v) is 3.66. The van der Waals surface area contributed by atoms with E-state index in [1.165, 1.54) is 0 Å². The molecule has 3 heteroatoms. The van der Waals surface area contributed by atoms with Crippen molar-refractivity contribution in [2.75, 3.05) is 6.54 Å². The summed E-state index contributed by atoms with van der Waals surface area (Å²) in [6.45, 7) is 7.04. The maximum atomic E-state index is 11.7. The van der Waals surface area contributed by atoms with Crippen LogP contribution in [0.4, 0.5) is 0 Å². The Balaban J connectivity index is 2.47. The Morgan fingerprint density at radius 2 is 2.15 bits per heavy atom. The molecule has 1 amide bonds. The Labute approximate surface area is 80.5 Å². The predicted molar refractivity (Wildman–Crippen MR) is 53.3 cm³/mol. The minimum absolute atomic E-state index is 0.0786. The Kier molecular flexibility index (Phi) is 3.72. The van der Waals surface area contributed by atoms with E-state index in [2.05, 4.69) is 12.2 Å². The van der Waals surface area contributed by atoms with Crippen LogP contribution in [0.25, 0.3) is 0 Å². The minimum atomic E-state index is 0.0786. The molecule has 76 valence electrons. The second kappa shape index (κ2) is 4.61. The zero-order chi connectivity index (χ0) is 9.84. The van der Waals surface area contributed by atoms with Crippen LogP contribution in [0, 0.1) is 0 Å². The molecule has 0 saturated carbocycles. The van der Waals surface area contributed by atoms with Crippen molar-refractivity contribution >= 4 is 5.91 Å². The minimum Gasteiger partial charge on any atom is -0.326 e. The van der Waals surface area contributed by atoms with Gasteiger partial charge < -0.3 is 4.90 Å². The first-order valence-corrected chi connectivity index (χ1v) is 5.27. The summed E-state index contributed by atoms with van der Waals surface area (Å²) in [7, 11) is 0. The highest BCUT2D eigenvalue weighted by atomic mass is 16.2. The SMILES string of the molecule is CCCCC1NC(C)N(CC)C1=O. The van der Waals surface area contributed by atoms with Gasteiger partial charge in [-0.1, -0.05) is 19.8 Å². The molecule has 1 aliphatic heterocycles. The maximum absolute atomic E-state index is 11.7. The smallest absolute Gasteiger partial charge is 0.240 e. The lowest BCUT2D eigenvalue weighted by molar-refractivity contribution is -0.129. The highest BCUT2D eigenvalue weighted by molar-refractivity contribution is 5.84. The first-order chi connectivity index (χ1) is 6.20. The molecule has 1 saturated heterocycles. The van der Waals surface area contributed by atoms with Gasteiger partial charge in [-0.15, -0.1) is 0 Å². The molecule has 13 heavy (non-hydrogen) atoms. The van der Waals surface area contributed by atoms with Crippen molar-refractivity contribution in [1.82, 2.24) is 10.2 Å². The third-order valence-corrected chi connectivity index (χ3v) is 2.68. The largest absolute Gasteiger partial charge is 0.326 e. The summed E-state index contributed by atoms with van der Waals surface area (Å²) in [5, 5.41) is 3.32. The number of rotatable bonds is 4. The first-order valence-electron chi connectivity index (χ1n) is 5.27. The van der Waals surface area contributed by atoms with E-state index in [1.54, 1.807) is 0 Å². The molecular formula is C10H20N2O. The summed E-state index contributed by atoms with van der Waals surface area (Å²) >= 11 is 0. The number of unbranched alkanes of at least 4 members (excludes halogenated alkanes) is 1. The van der Waals surface area contributed by atoms with Crippen LogP contribution < -0.4 is 5.32 Å². The normalized spacial score (nSPS) is 28.5. The van der Waals surface area contributed by atoms with Crippen LogP contribution in [0.15, 0.2) is 0 Å². The summed E-state index contributed by atoms with van der Waals surface area (Å²) in [6.07, 6.45) is 3.50. The fraction of sp³-hybridized carbons (Fsp3) is 0.900. The van der Waals surface area contributed by atoms with Crippen molar-refractivity contribution in [3.63, 3.8) is 0 Å². The molecular weight excluding hydrogens is 164 g/mol. The van der Waals surface area contributed by atoms with Gasteiger partial charge in [0.2, 0.25) is 5.91 Å². The summed E-state index contributed by atoms with van der Waals surface area (Å²) < 4.78 is 0. The molecule has 0 aromatic heterocycles. The van der Waals surface area contributed by atoms with E-state index < -0.39 is 0 Å². The number of likely N-dealkylation sites (N-methyl/N-ethyl adjacent to an activating group) is 1. The molecule has 0 aliphatic carbocycles. The van der Waals surface area contributed by atoms with Crippen molar-refractivity contribution < 1.29 is 4.79 Å². The van der Waals surface area contributed by atoms with E-state index in [9.17, 15) is 4.79 Å². The summed E-state index contributed by atoms with van der Waals surface area (Å²) in [6, 6.07) is 0.0786. The summed E-state index contributed by atoms with van der Waals surface area (Å²) in [5.74, 6) is 0.281. The average Bonchev–Trinajstić information content (AvgIpc) is 2.38. The van der Waals surface area contributed by atoms with Gasteiger partial charge in [0.25, 0.3) is 0 Å². The van der Waals surface area contributed by atoms with E-state index in [4.69, 9.17) is 0 Å². The first kappa shape index (κ1) is 10.5. The van der Waals surface area contributed by atoms with E-state index in [0.29, 0.717) is 0 Å². The number of carbonyl (C=O) groups excluding carboxylic acids is 1. The van der Waals surface area contributed by atoms with Gasteiger partial charge in [0.1, 0.15) is 0 Å². The van der Waals surface area contributed by atoms with Gasteiger partial charge in [-0.2, -0.15) is 0 Å². The Hall–Kier alpha value is -0.570. The number of hydrogen-bond acceptors (Lipinski definition) is 2. The number of hydrogen-bond donors (Lipinski definition) is 1. The van der Waals surface area contributed by atoms with Crippen LogP contribution in [0.5, 0.6) is 0 Å². The predicted octanol–water partition coefficient (Wildman–Crippen LogP) is 1.34. The van der Waals surface area contributed by atoms with Crippen LogP contribution in [-0.4, -0.2) is 29.6 Å². The molecule has 2 unspecified atom stereocenters. The highest BCUT2D eigenvalue weighted by Crippen LogP contribution is 2.14. The quantitative estimate of drug-likeness (QED) is 0.715. The van der Waals surface area contributed by atoms with E-state index in [1.807, 2.05) is 18.7 Å². The molecule has 0 aromatic carbocycles. The molecule has 0 bridgehead atoms. The van der Waals surface area contributed by atoms with Crippen LogP contribution in [0.3, 0.4) is 0 Å². The summed E-state index contributed by atoms with van der Waals surface area (Å²) in [5.41, 5.74) is 0. The fourth-order valence-electron chi connectivity index (χ4n) is 1.89. The van der Waals surface area contributed by atoms with Gasteiger partial charge in [-0.25, -0.2) is 0 Å². The standard InChI is InChI=1S/C10H20N2O/c1-4-6-7-9-10(13)12(5-2)8(3)11-9/h8-9,11H,4-7H2,1-3H3. The molecule has 1 aliphatic rings. The molecule has 1 fully saturated rings. The molecule has 0 aromatic rings. The van der Waals surface area contributed by atoms with Crippen LogP contribution in [0.2, 0.25) is 0 Å². The van der Waals surface area contributed by atoms with Crippen LogP contribution >= 0.6 is 0 Å². The monoisotopic (exact) mass is 184 g/mol. The summed E-state index contributed by atoms with van der Waals surface area (Å²) in [4.78, 5) is 13.6. The number of nitrogens with one attached hydrogen (secondary N) is 1. The number of amides is 1. The third-order valence-electron chi connectivity index (χ3n) is 2.68. The molecule has 1 N–H and O–H groups in total. The molecule has 1 rings (SSSR count). The van der Waals surface area contributed by atoms with Crippen molar-refractivity contribution in [2.24, 2.45) is 0 Å². The van der Waals surface area contributed by atoms with Crippen LogP contribution in [-0.2, 0) is 4.79 Å². The van der Waals surface area contributed by atoms with Gasteiger partial charge in [0, 0.05) is 6.54 Å². The lowest BCUT2D eigenvalue weighted by Crippen LogP contribution is -2.34. The van der Waals surface area contributed by atoms with E-state index >= 15 is 0 Å². The second-order valence-electron chi connectivity index (χ2n) is 3.66. The van der Waals surface area contributed by atoms with E-state index in [-0.39, 0.29) is 18.1 Å². The van der Waals surface area contributed by atoms with Crippen LogP contribution in [0.1, 0.15) is 40.0 Å². The molecule has 3 nitrogen and oxygen atoms in total. The molecule has 1 heterocycles. The molecule has 2 atom stereocenters. The maximum Gasteiger partial charge on any atom is 0.240 e. The zero-order valence-electron chi connectivity index (χ0n) is 8.84. The third kappa shape index (κ3) is 2.21. The zero-order valence-corrected chi connectivity index (χ0v) is 8.84. The average molecular weight is 184 g/mol. The Morgan fingerprint density at radius 1 is 1.46 bits per heavy atom. The van der Waals surface area contributed by atoms with Crippen molar-refractivity contribution in [3.8, 4) is 0 Å².